The lowest BCUT2D eigenvalue weighted by Gasteiger charge is -2.30. The van der Waals surface area contributed by atoms with Gasteiger partial charge in [0, 0.05) is 66.9 Å². The van der Waals surface area contributed by atoms with Crippen molar-refractivity contribution >= 4 is 28.5 Å². The largest absolute Gasteiger partial charge is 0.402 e. The molecule has 0 saturated carbocycles. The molecule has 7 heteroatoms. The third-order valence-corrected chi connectivity index (χ3v) is 5.08. The van der Waals surface area contributed by atoms with E-state index >= 15 is 0 Å². The molecule has 3 aromatic rings. The van der Waals surface area contributed by atoms with Crippen LogP contribution >= 0.6 is 0 Å². The van der Waals surface area contributed by atoms with E-state index < -0.39 is 0 Å². The van der Waals surface area contributed by atoms with Gasteiger partial charge in [0.1, 0.15) is 17.5 Å². The van der Waals surface area contributed by atoms with Crippen LogP contribution in [0.3, 0.4) is 0 Å². The molecule has 2 aromatic heterocycles. The molecule has 148 valence electrons. The van der Waals surface area contributed by atoms with Crippen LogP contribution in [0, 0.1) is 12.7 Å². The molecule has 0 bridgehead atoms. The van der Waals surface area contributed by atoms with Crippen molar-refractivity contribution in [1.82, 2.24) is 15.0 Å². The molecule has 1 aromatic carbocycles. The molecule has 0 atom stereocenters. The van der Waals surface area contributed by atoms with Crippen molar-refractivity contribution in [1.29, 1.82) is 0 Å². The molecule has 0 radical (unpaired) electrons. The zero-order valence-corrected chi connectivity index (χ0v) is 16.8. The maximum Gasteiger partial charge on any atom is 0.140 e. The fourth-order valence-electron chi connectivity index (χ4n) is 3.73. The van der Waals surface area contributed by atoms with Gasteiger partial charge in [-0.2, -0.15) is 0 Å². The van der Waals surface area contributed by atoms with Crippen molar-refractivity contribution in [2.45, 2.75) is 26.8 Å². The van der Waals surface area contributed by atoms with Gasteiger partial charge in [0.15, 0.2) is 0 Å². The van der Waals surface area contributed by atoms with Crippen molar-refractivity contribution in [3.8, 4) is 0 Å². The molecule has 0 spiro atoms. The van der Waals surface area contributed by atoms with Crippen LogP contribution in [0.2, 0.25) is 0 Å². The molecule has 1 aliphatic rings. The van der Waals surface area contributed by atoms with Crippen LogP contribution in [-0.4, -0.2) is 34.8 Å². The van der Waals surface area contributed by atoms with Gasteiger partial charge >= 0.3 is 0 Å². The maximum absolute atomic E-state index is 13.9. The van der Waals surface area contributed by atoms with Gasteiger partial charge in [-0.1, -0.05) is 0 Å². The summed E-state index contributed by atoms with van der Waals surface area (Å²) in [6, 6.07) is 6.74. The Kier molecular flexibility index (Phi) is 4.96. The van der Waals surface area contributed by atoms with Gasteiger partial charge in [0.05, 0.1) is 5.52 Å². The number of aliphatic imine (C=N–C) groups is 1. The number of aromatic nitrogens is 3. The normalized spacial score (nSPS) is 15.0. The Morgan fingerprint density at radius 2 is 2.10 bits per heavy atom. The Balaban J connectivity index is 1.76. The number of fused-ring (bicyclic) bond motifs is 2. The Bertz CT molecular complexity index is 1150. The molecule has 0 saturated heterocycles. The molecule has 6 nitrogen and oxygen atoms in total. The number of hydrogen-bond acceptors (Lipinski definition) is 6. The summed E-state index contributed by atoms with van der Waals surface area (Å²) >= 11 is 0. The summed E-state index contributed by atoms with van der Waals surface area (Å²) < 4.78 is 13.9. The Hall–Kier alpha value is -3.35. The van der Waals surface area contributed by atoms with Crippen molar-refractivity contribution < 1.29 is 4.39 Å². The van der Waals surface area contributed by atoms with E-state index in [0.29, 0.717) is 18.1 Å². The van der Waals surface area contributed by atoms with Crippen molar-refractivity contribution in [3.63, 3.8) is 0 Å². The third kappa shape index (κ3) is 3.68. The van der Waals surface area contributed by atoms with Crippen LogP contribution in [0.5, 0.6) is 0 Å². The quantitative estimate of drug-likeness (QED) is 0.693. The fraction of sp³-hybridized carbons (Fsp3) is 0.273. The average Bonchev–Trinajstić information content (AvgIpc) is 2.70. The lowest BCUT2D eigenvalue weighted by Crippen LogP contribution is -2.32. The van der Waals surface area contributed by atoms with Crippen molar-refractivity contribution in [2.24, 2.45) is 10.7 Å². The summed E-state index contributed by atoms with van der Waals surface area (Å²) in [4.78, 5) is 20.0. The number of aryl methyl sites for hydroxylation is 1. The van der Waals surface area contributed by atoms with Crippen LogP contribution in [0.25, 0.3) is 16.5 Å². The summed E-state index contributed by atoms with van der Waals surface area (Å²) in [6.07, 6.45) is 4.39. The van der Waals surface area contributed by atoms with Crippen LogP contribution in [0.4, 0.5) is 10.2 Å². The van der Waals surface area contributed by atoms with Gasteiger partial charge in [0.25, 0.3) is 0 Å². The highest BCUT2D eigenvalue weighted by atomic mass is 19.1. The fourth-order valence-corrected chi connectivity index (χ4v) is 3.73. The summed E-state index contributed by atoms with van der Waals surface area (Å²) in [5.74, 6) is 1.13. The predicted molar refractivity (Wildman–Crippen MR) is 114 cm³/mol. The van der Waals surface area contributed by atoms with Crippen LogP contribution in [0.1, 0.15) is 29.6 Å². The first-order chi connectivity index (χ1) is 14.0. The molecule has 0 unspecified atom stereocenters. The molecule has 3 heterocycles. The van der Waals surface area contributed by atoms with E-state index in [4.69, 9.17) is 5.73 Å². The summed E-state index contributed by atoms with van der Waals surface area (Å²) in [5, 5.41) is 0.722. The van der Waals surface area contributed by atoms with Gasteiger partial charge in [-0.3, -0.25) is 9.98 Å². The molecule has 1 aliphatic heterocycles. The van der Waals surface area contributed by atoms with E-state index in [1.54, 1.807) is 19.3 Å². The first kappa shape index (κ1) is 19.0. The standard InChI is InChI=1S/C22H23FN6/c1-13(24)19(11-25-3)15-8-16-12-29(7-6-20(16)26-10-15)22-18-9-17(23)4-5-21(18)27-14(2)28-22/h4-5,8-11H,6-7,12,24H2,1-3H3/b19-13+,25-11?. The zero-order chi connectivity index (χ0) is 20.5. The van der Waals surface area contributed by atoms with Crippen LogP contribution in [0.15, 0.2) is 41.2 Å². The minimum Gasteiger partial charge on any atom is -0.402 e. The van der Waals surface area contributed by atoms with Gasteiger partial charge in [0.2, 0.25) is 0 Å². The smallest absolute Gasteiger partial charge is 0.140 e. The molecule has 2 N–H and O–H groups in total. The van der Waals surface area contributed by atoms with Crippen molar-refractivity contribution in [2.75, 3.05) is 18.5 Å². The molecule has 0 aliphatic carbocycles. The minimum atomic E-state index is -0.292. The van der Waals surface area contributed by atoms with E-state index in [0.717, 1.165) is 52.1 Å². The Labute approximate surface area is 169 Å². The Morgan fingerprint density at radius 3 is 2.86 bits per heavy atom. The van der Waals surface area contributed by atoms with Crippen LogP contribution in [-0.2, 0) is 13.0 Å². The minimum absolute atomic E-state index is 0.292. The number of benzene rings is 1. The second kappa shape index (κ2) is 7.58. The lowest BCUT2D eigenvalue weighted by molar-refractivity contribution is 0.629. The van der Waals surface area contributed by atoms with E-state index in [1.165, 1.54) is 12.1 Å². The lowest BCUT2D eigenvalue weighted by atomic mass is 9.99. The van der Waals surface area contributed by atoms with Crippen LogP contribution < -0.4 is 10.6 Å². The maximum atomic E-state index is 13.9. The number of hydrogen-bond donors (Lipinski definition) is 1. The number of halogens is 1. The first-order valence-electron chi connectivity index (χ1n) is 9.52. The second-order valence-electron chi connectivity index (χ2n) is 7.24. The Morgan fingerprint density at radius 1 is 1.28 bits per heavy atom. The average molecular weight is 390 g/mol. The number of nitrogens with zero attached hydrogens (tertiary/aromatic N) is 5. The van der Waals surface area contributed by atoms with Gasteiger partial charge in [-0.25, -0.2) is 14.4 Å². The highest BCUT2D eigenvalue weighted by molar-refractivity contribution is 6.10. The molecular formula is C22H23FN6. The molecule has 4 rings (SSSR count). The summed E-state index contributed by atoms with van der Waals surface area (Å²) in [5.41, 5.74) is 11.5. The number of pyridine rings is 1. The molecule has 0 amide bonds. The number of nitrogens with two attached hydrogens (primary N) is 1. The number of anilines is 1. The highest BCUT2D eigenvalue weighted by Gasteiger charge is 2.22. The number of allylic oxidation sites excluding steroid dienone is 2. The monoisotopic (exact) mass is 390 g/mol. The van der Waals surface area contributed by atoms with Crippen molar-refractivity contribution in [3.05, 3.63) is 64.6 Å². The molecular weight excluding hydrogens is 367 g/mol. The predicted octanol–water partition coefficient (Wildman–Crippen LogP) is 3.43. The van der Waals surface area contributed by atoms with E-state index in [9.17, 15) is 4.39 Å². The number of rotatable bonds is 3. The van der Waals surface area contributed by atoms with E-state index in [-0.39, 0.29) is 5.82 Å². The highest BCUT2D eigenvalue weighted by Crippen LogP contribution is 2.30. The van der Waals surface area contributed by atoms with Gasteiger partial charge < -0.3 is 10.6 Å². The SMILES string of the molecule is CN=C/C(=C(/C)N)c1cnc2c(c1)CN(c1nc(C)nc3ccc(F)cc13)CC2. The molecule has 0 fully saturated rings. The zero-order valence-electron chi connectivity index (χ0n) is 16.8. The topological polar surface area (TPSA) is 80.3 Å². The van der Waals surface area contributed by atoms with E-state index in [1.807, 2.05) is 20.0 Å². The second-order valence-corrected chi connectivity index (χ2v) is 7.24. The first-order valence-corrected chi connectivity index (χ1v) is 9.52. The van der Waals surface area contributed by atoms with E-state index in [2.05, 4.69) is 30.9 Å². The third-order valence-electron chi connectivity index (χ3n) is 5.08. The van der Waals surface area contributed by atoms with Gasteiger partial charge in [-0.05, 0) is 43.7 Å². The molecule has 29 heavy (non-hydrogen) atoms. The summed E-state index contributed by atoms with van der Waals surface area (Å²) in [7, 11) is 1.72. The van der Waals surface area contributed by atoms with Gasteiger partial charge in [-0.15, -0.1) is 0 Å². The summed E-state index contributed by atoms with van der Waals surface area (Å²) in [6.45, 7) is 5.11.